The Morgan fingerprint density at radius 2 is 2.10 bits per heavy atom. The molecular formula is C18H23ClFN. The first kappa shape index (κ1) is 14.0. The molecule has 3 unspecified atom stereocenters. The topological polar surface area (TPSA) is 12.0 Å². The lowest BCUT2D eigenvalue weighted by atomic mass is 9.69. The molecule has 0 spiro atoms. The molecule has 1 nitrogen and oxygen atoms in total. The van der Waals surface area contributed by atoms with Gasteiger partial charge in [0.1, 0.15) is 5.82 Å². The minimum Gasteiger partial charge on any atom is -0.313 e. The molecule has 3 aliphatic rings. The van der Waals surface area contributed by atoms with Crippen molar-refractivity contribution in [3.8, 4) is 0 Å². The number of hydrogen-bond donors (Lipinski definition) is 1. The van der Waals surface area contributed by atoms with Crippen molar-refractivity contribution in [2.45, 2.75) is 51.0 Å². The van der Waals surface area contributed by atoms with Crippen LogP contribution in [-0.2, 0) is 6.42 Å². The Hall–Kier alpha value is -0.600. The zero-order valence-corrected chi connectivity index (χ0v) is 13.1. The van der Waals surface area contributed by atoms with E-state index in [1.165, 1.54) is 38.5 Å². The Morgan fingerprint density at radius 3 is 2.76 bits per heavy atom. The van der Waals surface area contributed by atoms with Gasteiger partial charge in [-0.1, -0.05) is 30.2 Å². The van der Waals surface area contributed by atoms with Crippen molar-refractivity contribution >= 4 is 11.6 Å². The molecule has 114 valence electrons. The van der Waals surface area contributed by atoms with E-state index in [1.807, 2.05) is 12.1 Å². The van der Waals surface area contributed by atoms with Crippen LogP contribution in [0.1, 0.15) is 44.1 Å². The third kappa shape index (κ3) is 2.61. The van der Waals surface area contributed by atoms with Gasteiger partial charge >= 0.3 is 0 Å². The van der Waals surface area contributed by atoms with Crippen LogP contribution in [0.2, 0.25) is 5.02 Å². The van der Waals surface area contributed by atoms with E-state index in [-0.39, 0.29) is 16.3 Å². The Bertz CT molecular complexity index is 542. The number of rotatable bonds is 5. The molecule has 2 bridgehead atoms. The standard InChI is InChI=1S/C18H23ClFN/c19-16-3-1-2-13(17(16)20)10-18(11-21-15-6-7-15)9-12-4-5-14(18)8-12/h1-3,12,14-15,21H,4-11H2. The lowest BCUT2D eigenvalue weighted by Gasteiger charge is -2.38. The van der Waals surface area contributed by atoms with Crippen LogP contribution in [-0.4, -0.2) is 12.6 Å². The SMILES string of the molecule is Fc1c(Cl)cccc1CC1(CNC2CC2)CC2CCC1C2. The lowest BCUT2D eigenvalue weighted by molar-refractivity contribution is 0.154. The van der Waals surface area contributed by atoms with Crippen LogP contribution in [0, 0.1) is 23.1 Å². The highest BCUT2D eigenvalue weighted by atomic mass is 35.5. The monoisotopic (exact) mass is 307 g/mol. The van der Waals surface area contributed by atoms with Crippen LogP contribution in [0.25, 0.3) is 0 Å². The molecule has 3 heteroatoms. The van der Waals surface area contributed by atoms with Gasteiger partial charge in [-0.25, -0.2) is 4.39 Å². The van der Waals surface area contributed by atoms with Gasteiger partial charge in [0.25, 0.3) is 0 Å². The van der Waals surface area contributed by atoms with Gasteiger partial charge in [-0.05, 0) is 67.4 Å². The molecule has 0 radical (unpaired) electrons. The van der Waals surface area contributed by atoms with Crippen LogP contribution in [0.4, 0.5) is 4.39 Å². The molecule has 0 aromatic heterocycles. The van der Waals surface area contributed by atoms with Gasteiger partial charge in [0.2, 0.25) is 0 Å². The van der Waals surface area contributed by atoms with Gasteiger partial charge in [-0.3, -0.25) is 0 Å². The first-order valence-corrected chi connectivity index (χ1v) is 8.70. The molecule has 0 amide bonds. The average molecular weight is 308 g/mol. The molecule has 21 heavy (non-hydrogen) atoms. The predicted molar refractivity (Wildman–Crippen MR) is 84.0 cm³/mol. The first-order valence-electron chi connectivity index (χ1n) is 8.32. The Balaban J connectivity index is 1.58. The minimum atomic E-state index is -0.201. The summed E-state index contributed by atoms with van der Waals surface area (Å²) in [6.45, 7) is 1.06. The van der Waals surface area contributed by atoms with Crippen LogP contribution >= 0.6 is 11.6 Å². The molecule has 3 fully saturated rings. The van der Waals surface area contributed by atoms with Crippen molar-refractivity contribution in [1.29, 1.82) is 0 Å². The van der Waals surface area contributed by atoms with Crippen LogP contribution in [0.5, 0.6) is 0 Å². The molecule has 3 atom stereocenters. The summed E-state index contributed by atoms with van der Waals surface area (Å²) in [4.78, 5) is 0. The maximum Gasteiger partial charge on any atom is 0.144 e. The van der Waals surface area contributed by atoms with Crippen molar-refractivity contribution in [3.63, 3.8) is 0 Å². The summed E-state index contributed by atoms with van der Waals surface area (Å²) in [5, 5.41) is 3.99. The third-order valence-corrected chi connectivity index (χ3v) is 6.29. The summed E-state index contributed by atoms with van der Waals surface area (Å²) in [5.41, 5.74) is 1.07. The van der Waals surface area contributed by atoms with E-state index in [2.05, 4.69) is 5.32 Å². The van der Waals surface area contributed by atoms with Gasteiger partial charge in [-0.2, -0.15) is 0 Å². The van der Waals surface area contributed by atoms with Gasteiger partial charge in [0, 0.05) is 12.6 Å². The van der Waals surface area contributed by atoms with E-state index in [1.54, 1.807) is 6.07 Å². The van der Waals surface area contributed by atoms with Crippen LogP contribution in [0.15, 0.2) is 18.2 Å². The highest BCUT2D eigenvalue weighted by Gasteiger charge is 2.51. The number of halogens is 2. The molecule has 0 heterocycles. The molecular weight excluding hydrogens is 285 g/mol. The van der Waals surface area contributed by atoms with Crippen molar-refractivity contribution < 1.29 is 4.39 Å². The zero-order chi connectivity index (χ0) is 14.4. The quantitative estimate of drug-likeness (QED) is 0.839. The molecule has 1 aromatic carbocycles. The summed E-state index contributed by atoms with van der Waals surface area (Å²) < 4.78 is 14.3. The molecule has 1 aromatic rings. The van der Waals surface area contributed by atoms with Crippen LogP contribution < -0.4 is 5.32 Å². The fraction of sp³-hybridized carbons (Fsp3) is 0.667. The Kier molecular flexibility index (Phi) is 3.50. The van der Waals surface area contributed by atoms with Crippen LogP contribution in [0.3, 0.4) is 0 Å². The smallest absolute Gasteiger partial charge is 0.144 e. The van der Waals surface area contributed by atoms with Crippen molar-refractivity contribution in [1.82, 2.24) is 5.32 Å². The largest absolute Gasteiger partial charge is 0.313 e. The van der Waals surface area contributed by atoms with Crippen molar-refractivity contribution in [3.05, 3.63) is 34.6 Å². The van der Waals surface area contributed by atoms with Gasteiger partial charge in [0.05, 0.1) is 5.02 Å². The summed E-state index contributed by atoms with van der Waals surface area (Å²) in [6.07, 6.45) is 8.82. The van der Waals surface area contributed by atoms with Crippen molar-refractivity contribution in [2.75, 3.05) is 6.54 Å². The molecule has 3 saturated carbocycles. The van der Waals surface area contributed by atoms with E-state index < -0.39 is 0 Å². The minimum absolute atomic E-state index is 0.201. The fourth-order valence-corrected chi connectivity index (χ4v) is 4.95. The van der Waals surface area contributed by atoms with E-state index >= 15 is 0 Å². The fourth-order valence-electron chi connectivity index (χ4n) is 4.75. The normalized spacial score (nSPS) is 34.6. The van der Waals surface area contributed by atoms with E-state index in [0.29, 0.717) is 0 Å². The first-order chi connectivity index (χ1) is 10.2. The summed E-state index contributed by atoms with van der Waals surface area (Å²) in [5.74, 6) is 1.44. The summed E-state index contributed by atoms with van der Waals surface area (Å²) in [7, 11) is 0. The Labute approximate surface area is 131 Å². The second-order valence-electron chi connectivity index (χ2n) is 7.49. The second-order valence-corrected chi connectivity index (χ2v) is 7.89. The number of benzene rings is 1. The van der Waals surface area contributed by atoms with E-state index in [4.69, 9.17) is 11.6 Å². The molecule has 0 aliphatic heterocycles. The van der Waals surface area contributed by atoms with Crippen molar-refractivity contribution in [2.24, 2.45) is 17.3 Å². The summed E-state index contributed by atoms with van der Waals surface area (Å²) >= 11 is 5.97. The predicted octanol–water partition coefficient (Wildman–Crippen LogP) is 4.58. The molecule has 4 rings (SSSR count). The van der Waals surface area contributed by atoms with Gasteiger partial charge in [0.15, 0.2) is 0 Å². The van der Waals surface area contributed by atoms with Gasteiger partial charge in [-0.15, -0.1) is 0 Å². The average Bonchev–Trinajstić information content (AvgIpc) is 3.10. The second kappa shape index (κ2) is 5.24. The maximum absolute atomic E-state index is 14.3. The molecule has 3 aliphatic carbocycles. The summed E-state index contributed by atoms with van der Waals surface area (Å²) in [6, 6.07) is 6.18. The lowest BCUT2D eigenvalue weighted by Crippen LogP contribution is -2.41. The van der Waals surface area contributed by atoms with Gasteiger partial charge < -0.3 is 5.32 Å². The maximum atomic E-state index is 14.3. The zero-order valence-electron chi connectivity index (χ0n) is 12.4. The highest BCUT2D eigenvalue weighted by Crippen LogP contribution is 2.57. The number of fused-ring (bicyclic) bond motifs is 2. The molecule has 0 saturated heterocycles. The van der Waals surface area contributed by atoms with E-state index in [9.17, 15) is 4.39 Å². The third-order valence-electron chi connectivity index (χ3n) is 6.00. The Morgan fingerprint density at radius 1 is 1.24 bits per heavy atom. The number of nitrogens with one attached hydrogen (secondary N) is 1. The highest BCUT2D eigenvalue weighted by molar-refractivity contribution is 6.30. The van der Waals surface area contributed by atoms with E-state index in [0.717, 1.165) is 36.4 Å². The molecule has 1 N–H and O–H groups in total. The number of hydrogen-bond acceptors (Lipinski definition) is 1.